The summed E-state index contributed by atoms with van der Waals surface area (Å²) in [6.45, 7) is 15.4. The predicted octanol–water partition coefficient (Wildman–Crippen LogP) is 8.35. The minimum Gasteiger partial charge on any atom is -0.444 e. The standard InChI is InChI=1S/C31H38BrFN4O7/c1-29(2,3)41-26(38)36(10)17-18-11-12-20(22(33)13-18)23-15-24(44-35-23)21-14-19(32)16-34-25(21)37(27(39)42-30(4,5)6)28(40)43-31(7,8)9/h11-16H,17H2,1-10H3. The normalized spacial score (nSPS) is 12.0. The second-order valence-corrected chi connectivity index (χ2v) is 14.0. The Bertz CT molecular complexity index is 1510. The van der Waals surface area contributed by atoms with Crippen LogP contribution in [0.3, 0.4) is 0 Å². The van der Waals surface area contributed by atoms with E-state index in [4.69, 9.17) is 18.7 Å². The summed E-state index contributed by atoms with van der Waals surface area (Å²) in [5.41, 5.74) is -1.53. The fourth-order valence-electron chi connectivity index (χ4n) is 3.73. The lowest BCUT2D eigenvalue weighted by molar-refractivity contribution is 0.0283. The molecule has 13 heteroatoms. The molecule has 0 saturated heterocycles. The van der Waals surface area contributed by atoms with Gasteiger partial charge in [0, 0.05) is 35.9 Å². The predicted molar refractivity (Wildman–Crippen MR) is 165 cm³/mol. The molecule has 3 amide bonds. The number of amides is 3. The number of rotatable bonds is 5. The van der Waals surface area contributed by atoms with Gasteiger partial charge in [-0.2, -0.15) is 4.90 Å². The molecule has 0 spiro atoms. The number of aromatic nitrogens is 2. The molecule has 3 aromatic rings. The van der Waals surface area contributed by atoms with Crippen molar-refractivity contribution in [2.75, 3.05) is 11.9 Å². The second-order valence-electron chi connectivity index (χ2n) is 13.0. The highest BCUT2D eigenvalue weighted by Gasteiger charge is 2.36. The zero-order valence-electron chi connectivity index (χ0n) is 26.6. The Hall–Kier alpha value is -4.00. The highest BCUT2D eigenvalue weighted by molar-refractivity contribution is 9.10. The summed E-state index contributed by atoms with van der Waals surface area (Å²) < 4.78 is 37.7. The van der Waals surface area contributed by atoms with Gasteiger partial charge in [-0.3, -0.25) is 0 Å². The summed E-state index contributed by atoms with van der Waals surface area (Å²) in [5, 5.41) is 4.03. The van der Waals surface area contributed by atoms with Gasteiger partial charge in [0.05, 0.1) is 5.56 Å². The SMILES string of the molecule is CN(Cc1ccc(-c2cc(-c3cc(Br)cnc3N(C(=O)OC(C)(C)C)C(=O)OC(C)(C)C)on2)c(F)c1)C(=O)OC(C)(C)C. The molecule has 11 nitrogen and oxygen atoms in total. The van der Waals surface area contributed by atoms with Gasteiger partial charge in [0.25, 0.3) is 0 Å². The van der Waals surface area contributed by atoms with Crippen LogP contribution in [0.4, 0.5) is 24.6 Å². The molecule has 3 rings (SSSR count). The third-order valence-electron chi connectivity index (χ3n) is 5.41. The minimum atomic E-state index is -1.01. The molecule has 0 aliphatic rings. The first-order chi connectivity index (χ1) is 20.1. The van der Waals surface area contributed by atoms with E-state index in [9.17, 15) is 14.4 Å². The van der Waals surface area contributed by atoms with E-state index in [-0.39, 0.29) is 34.9 Å². The van der Waals surface area contributed by atoms with E-state index in [0.717, 1.165) is 0 Å². The fourth-order valence-corrected chi connectivity index (χ4v) is 4.06. The largest absolute Gasteiger partial charge is 0.444 e. The van der Waals surface area contributed by atoms with Crippen molar-refractivity contribution >= 4 is 40.0 Å². The maximum Gasteiger partial charge on any atom is 0.425 e. The topological polar surface area (TPSA) is 124 Å². The Morgan fingerprint density at radius 1 is 0.841 bits per heavy atom. The van der Waals surface area contributed by atoms with Crippen LogP contribution < -0.4 is 4.90 Å². The molecule has 0 aliphatic carbocycles. The molecule has 2 aromatic heterocycles. The van der Waals surface area contributed by atoms with Crippen LogP contribution in [0.1, 0.15) is 67.9 Å². The van der Waals surface area contributed by atoms with Gasteiger partial charge in [0.15, 0.2) is 11.6 Å². The van der Waals surface area contributed by atoms with Crippen molar-refractivity contribution in [3.05, 3.63) is 52.4 Å². The highest BCUT2D eigenvalue weighted by atomic mass is 79.9. The number of carbonyl (C=O) groups excluding carboxylic acids is 3. The molecule has 0 atom stereocenters. The van der Waals surface area contributed by atoms with Crippen molar-refractivity contribution in [3.8, 4) is 22.6 Å². The smallest absolute Gasteiger partial charge is 0.425 e. The Morgan fingerprint density at radius 2 is 1.39 bits per heavy atom. The molecule has 0 unspecified atom stereocenters. The van der Waals surface area contributed by atoms with E-state index < -0.39 is 40.9 Å². The summed E-state index contributed by atoms with van der Waals surface area (Å²) in [6, 6.07) is 7.50. The summed E-state index contributed by atoms with van der Waals surface area (Å²) in [6.07, 6.45) is -1.17. The van der Waals surface area contributed by atoms with E-state index >= 15 is 4.39 Å². The van der Waals surface area contributed by atoms with Crippen LogP contribution in [0.2, 0.25) is 0 Å². The van der Waals surface area contributed by atoms with Gasteiger partial charge in [0.1, 0.15) is 28.3 Å². The van der Waals surface area contributed by atoms with E-state index in [1.165, 1.54) is 29.3 Å². The molecule has 0 bridgehead atoms. The maximum atomic E-state index is 15.3. The van der Waals surface area contributed by atoms with Gasteiger partial charge < -0.3 is 23.6 Å². The Balaban J connectivity index is 1.98. The lowest BCUT2D eigenvalue weighted by atomic mass is 10.1. The summed E-state index contributed by atoms with van der Waals surface area (Å²) in [4.78, 5) is 45.2. The third-order valence-corrected chi connectivity index (χ3v) is 5.84. The van der Waals surface area contributed by atoms with Crippen molar-refractivity contribution in [1.29, 1.82) is 0 Å². The number of ether oxygens (including phenoxy) is 3. The number of benzene rings is 1. The van der Waals surface area contributed by atoms with E-state index in [1.54, 1.807) is 81.5 Å². The highest BCUT2D eigenvalue weighted by Crippen LogP contribution is 2.36. The van der Waals surface area contributed by atoms with Gasteiger partial charge >= 0.3 is 18.3 Å². The monoisotopic (exact) mass is 676 g/mol. The molecular weight excluding hydrogens is 639 g/mol. The molecule has 0 saturated carbocycles. The van der Waals surface area contributed by atoms with Crippen LogP contribution in [-0.2, 0) is 20.8 Å². The van der Waals surface area contributed by atoms with Gasteiger partial charge in [-0.25, -0.2) is 23.8 Å². The number of hydrogen-bond acceptors (Lipinski definition) is 9. The van der Waals surface area contributed by atoms with E-state index in [1.807, 2.05) is 0 Å². The number of pyridine rings is 1. The first-order valence-electron chi connectivity index (χ1n) is 13.8. The molecule has 44 heavy (non-hydrogen) atoms. The zero-order valence-corrected chi connectivity index (χ0v) is 28.2. The van der Waals surface area contributed by atoms with Gasteiger partial charge in [-0.15, -0.1) is 0 Å². The van der Waals surface area contributed by atoms with Crippen molar-refractivity contribution in [2.24, 2.45) is 0 Å². The minimum absolute atomic E-state index is 0.0917. The number of carbonyl (C=O) groups is 3. The lowest BCUT2D eigenvalue weighted by Crippen LogP contribution is -2.44. The number of hydrogen-bond donors (Lipinski definition) is 0. The Labute approximate surface area is 264 Å². The molecule has 0 aliphatic heterocycles. The van der Waals surface area contributed by atoms with Crippen LogP contribution in [0.25, 0.3) is 22.6 Å². The molecule has 0 N–H and O–H groups in total. The molecule has 1 aromatic carbocycles. The number of anilines is 1. The first-order valence-corrected chi connectivity index (χ1v) is 14.5. The number of halogens is 2. The third kappa shape index (κ3) is 9.50. The van der Waals surface area contributed by atoms with Gasteiger partial charge in [0.2, 0.25) is 0 Å². The van der Waals surface area contributed by atoms with Crippen molar-refractivity contribution in [1.82, 2.24) is 15.0 Å². The van der Waals surface area contributed by atoms with Crippen LogP contribution in [-0.4, -0.2) is 57.2 Å². The molecule has 2 heterocycles. The first kappa shape index (κ1) is 34.5. The van der Waals surface area contributed by atoms with Crippen LogP contribution in [0, 0.1) is 5.82 Å². The number of imide groups is 1. The maximum absolute atomic E-state index is 15.3. The molecule has 238 valence electrons. The molecule has 0 fully saturated rings. The molecule has 0 radical (unpaired) electrons. The van der Waals surface area contributed by atoms with Gasteiger partial charge in [-0.1, -0.05) is 11.2 Å². The van der Waals surface area contributed by atoms with E-state index in [2.05, 4.69) is 26.1 Å². The van der Waals surface area contributed by atoms with Crippen LogP contribution in [0.15, 0.2) is 45.5 Å². The van der Waals surface area contributed by atoms with Gasteiger partial charge in [-0.05, 0) is 102 Å². The Morgan fingerprint density at radius 3 is 1.91 bits per heavy atom. The quantitative estimate of drug-likeness (QED) is 0.245. The Kier molecular flexibility index (Phi) is 10.1. The van der Waals surface area contributed by atoms with E-state index in [0.29, 0.717) is 14.9 Å². The average molecular weight is 678 g/mol. The van der Waals surface area contributed by atoms with Crippen LogP contribution >= 0.6 is 15.9 Å². The van der Waals surface area contributed by atoms with Crippen molar-refractivity contribution < 1.29 is 37.5 Å². The van der Waals surface area contributed by atoms with Crippen molar-refractivity contribution in [3.63, 3.8) is 0 Å². The average Bonchev–Trinajstić information content (AvgIpc) is 3.31. The second kappa shape index (κ2) is 12.9. The number of nitrogens with zero attached hydrogens (tertiary/aromatic N) is 4. The van der Waals surface area contributed by atoms with Crippen LogP contribution in [0.5, 0.6) is 0 Å². The zero-order chi connectivity index (χ0) is 33.2. The fraction of sp³-hybridized carbons (Fsp3) is 0.452. The van der Waals surface area contributed by atoms with Crippen molar-refractivity contribution in [2.45, 2.75) is 85.7 Å². The summed E-state index contributed by atoms with van der Waals surface area (Å²) in [7, 11) is 1.56. The summed E-state index contributed by atoms with van der Waals surface area (Å²) >= 11 is 3.36. The molecular formula is C31H38BrFN4O7. The summed E-state index contributed by atoms with van der Waals surface area (Å²) in [5.74, 6) is -0.647. The lowest BCUT2D eigenvalue weighted by Gasteiger charge is -2.28.